The van der Waals surface area contributed by atoms with Crippen LogP contribution in [0.3, 0.4) is 0 Å². The molecule has 4 aromatic carbocycles. The zero-order valence-electron chi connectivity index (χ0n) is 21.4. The van der Waals surface area contributed by atoms with Gasteiger partial charge in [-0.1, -0.05) is 72.8 Å². The third kappa shape index (κ3) is 5.81. The minimum atomic E-state index is -0.534. The van der Waals surface area contributed by atoms with Crippen molar-refractivity contribution in [3.8, 4) is 5.75 Å². The van der Waals surface area contributed by atoms with Gasteiger partial charge in [-0.15, -0.1) is 11.3 Å². The van der Waals surface area contributed by atoms with E-state index in [1.807, 2.05) is 54.6 Å². The van der Waals surface area contributed by atoms with Gasteiger partial charge in [-0.2, -0.15) is 0 Å². The summed E-state index contributed by atoms with van der Waals surface area (Å²) in [6.45, 7) is 2.90. The molecule has 1 fully saturated rings. The Kier molecular flexibility index (Phi) is 7.49. The number of piperidine rings is 1. The summed E-state index contributed by atoms with van der Waals surface area (Å²) in [6.07, 6.45) is 5.77. The van der Waals surface area contributed by atoms with Gasteiger partial charge in [0.15, 0.2) is 0 Å². The molecule has 1 atom stereocenters. The van der Waals surface area contributed by atoms with Gasteiger partial charge in [-0.05, 0) is 78.5 Å². The smallest absolute Gasteiger partial charge is 0.126 e. The van der Waals surface area contributed by atoms with E-state index in [9.17, 15) is 5.11 Å². The van der Waals surface area contributed by atoms with Crippen molar-refractivity contribution in [2.75, 3.05) is 26.2 Å². The average molecular weight is 521 g/mol. The SMILES string of the molecule is O[C@H](COc1ccccc1/C=C/c1nc2ccccc2s1)CN1CCC(c2ccc3ccccc3c2)CC1. The molecule has 0 saturated carbocycles. The molecule has 5 aromatic rings. The molecule has 6 rings (SSSR count). The molecule has 0 bridgehead atoms. The van der Waals surface area contributed by atoms with E-state index < -0.39 is 6.10 Å². The van der Waals surface area contributed by atoms with Crippen LogP contribution in [0.4, 0.5) is 0 Å². The van der Waals surface area contributed by atoms with Crippen LogP contribution in [-0.4, -0.2) is 47.3 Å². The maximum Gasteiger partial charge on any atom is 0.126 e. The second kappa shape index (κ2) is 11.5. The molecule has 38 heavy (non-hydrogen) atoms. The third-order valence-electron chi connectivity index (χ3n) is 7.37. The lowest BCUT2D eigenvalue weighted by Gasteiger charge is -2.33. The Labute approximate surface area is 227 Å². The number of fused-ring (bicyclic) bond motifs is 2. The van der Waals surface area contributed by atoms with Crippen LogP contribution in [0.15, 0.2) is 91.0 Å². The fraction of sp³-hybridized carbons (Fsp3) is 0.242. The minimum Gasteiger partial charge on any atom is -0.490 e. The van der Waals surface area contributed by atoms with Crippen molar-refractivity contribution in [2.45, 2.75) is 24.9 Å². The number of benzene rings is 4. The van der Waals surface area contributed by atoms with Crippen LogP contribution in [0.1, 0.15) is 34.9 Å². The molecular formula is C33H32N2O2S. The second-order valence-corrected chi connectivity index (χ2v) is 11.1. The Morgan fingerprint density at radius 3 is 2.53 bits per heavy atom. The van der Waals surface area contributed by atoms with Gasteiger partial charge >= 0.3 is 0 Å². The first kappa shape index (κ1) is 24.8. The van der Waals surface area contributed by atoms with E-state index in [1.54, 1.807) is 11.3 Å². The topological polar surface area (TPSA) is 45.6 Å². The lowest BCUT2D eigenvalue weighted by atomic mass is 9.88. The van der Waals surface area contributed by atoms with E-state index in [0.717, 1.165) is 47.8 Å². The Hall–Kier alpha value is -3.51. The fourth-order valence-electron chi connectivity index (χ4n) is 5.32. The number of aromatic nitrogens is 1. The summed E-state index contributed by atoms with van der Waals surface area (Å²) in [7, 11) is 0. The molecule has 2 heterocycles. The van der Waals surface area contributed by atoms with Crippen LogP contribution in [0.2, 0.25) is 0 Å². The van der Waals surface area contributed by atoms with Gasteiger partial charge in [0, 0.05) is 12.1 Å². The molecule has 1 aromatic heterocycles. The number of para-hydroxylation sites is 2. The number of hydrogen-bond donors (Lipinski definition) is 1. The fourth-order valence-corrected chi connectivity index (χ4v) is 6.19. The van der Waals surface area contributed by atoms with E-state index in [1.165, 1.54) is 21.0 Å². The molecule has 1 N–H and O–H groups in total. The number of aliphatic hydroxyl groups is 1. The molecular weight excluding hydrogens is 488 g/mol. The van der Waals surface area contributed by atoms with Crippen LogP contribution >= 0.6 is 11.3 Å². The van der Waals surface area contributed by atoms with E-state index >= 15 is 0 Å². The zero-order valence-corrected chi connectivity index (χ0v) is 22.2. The molecule has 0 unspecified atom stereocenters. The van der Waals surface area contributed by atoms with Crippen LogP contribution in [0.25, 0.3) is 33.1 Å². The van der Waals surface area contributed by atoms with Gasteiger partial charge in [-0.3, -0.25) is 0 Å². The summed E-state index contributed by atoms with van der Waals surface area (Å²) >= 11 is 1.67. The van der Waals surface area contributed by atoms with E-state index in [-0.39, 0.29) is 6.61 Å². The predicted octanol–water partition coefficient (Wildman–Crippen LogP) is 7.24. The largest absolute Gasteiger partial charge is 0.490 e. The Balaban J connectivity index is 1.01. The number of ether oxygens (including phenoxy) is 1. The predicted molar refractivity (Wildman–Crippen MR) is 159 cm³/mol. The van der Waals surface area contributed by atoms with Crippen LogP contribution in [0, 0.1) is 0 Å². The number of thiazole rings is 1. The monoisotopic (exact) mass is 520 g/mol. The molecule has 1 aliphatic rings. The lowest BCUT2D eigenvalue weighted by Crippen LogP contribution is -2.40. The number of aliphatic hydroxyl groups excluding tert-OH is 1. The van der Waals surface area contributed by atoms with Crippen molar-refractivity contribution >= 4 is 44.5 Å². The van der Waals surface area contributed by atoms with Gasteiger partial charge in [0.2, 0.25) is 0 Å². The van der Waals surface area contributed by atoms with Crippen molar-refractivity contribution < 1.29 is 9.84 Å². The normalized spacial score (nSPS) is 15.9. The van der Waals surface area contributed by atoms with Gasteiger partial charge < -0.3 is 14.7 Å². The Morgan fingerprint density at radius 2 is 1.66 bits per heavy atom. The average Bonchev–Trinajstić information content (AvgIpc) is 3.39. The lowest BCUT2D eigenvalue weighted by molar-refractivity contribution is 0.0594. The highest BCUT2D eigenvalue weighted by Crippen LogP contribution is 2.30. The standard InChI is InChI=1S/C33H32N2O2S/c36-29(22-35-19-17-25(18-20-35)28-14-13-24-7-1-2-9-27(24)21-28)23-37-31-11-5-3-8-26(31)15-16-33-34-30-10-4-6-12-32(30)38-33/h1-16,21,25,29,36H,17-20,22-23H2/b16-15+/t29-/m0/s1. The van der Waals surface area contributed by atoms with Crippen molar-refractivity contribution in [2.24, 2.45) is 0 Å². The van der Waals surface area contributed by atoms with E-state index in [2.05, 4.69) is 58.4 Å². The molecule has 5 heteroatoms. The summed E-state index contributed by atoms with van der Waals surface area (Å²) in [6, 6.07) is 31.6. The highest BCUT2D eigenvalue weighted by molar-refractivity contribution is 7.19. The highest BCUT2D eigenvalue weighted by atomic mass is 32.1. The van der Waals surface area contributed by atoms with Gasteiger partial charge in [-0.25, -0.2) is 4.98 Å². The summed E-state index contributed by atoms with van der Waals surface area (Å²) in [5.41, 5.74) is 3.43. The van der Waals surface area contributed by atoms with E-state index in [4.69, 9.17) is 4.74 Å². The van der Waals surface area contributed by atoms with Gasteiger partial charge in [0.05, 0.1) is 10.2 Å². The molecule has 0 amide bonds. The van der Waals surface area contributed by atoms with Gasteiger partial charge in [0.1, 0.15) is 23.5 Å². The van der Waals surface area contributed by atoms with E-state index in [0.29, 0.717) is 12.5 Å². The highest BCUT2D eigenvalue weighted by Gasteiger charge is 2.22. The molecule has 0 spiro atoms. The molecule has 1 aliphatic heterocycles. The van der Waals surface area contributed by atoms with Crippen molar-refractivity contribution in [3.63, 3.8) is 0 Å². The molecule has 192 valence electrons. The quantitative estimate of drug-likeness (QED) is 0.234. The van der Waals surface area contributed by atoms with Crippen LogP contribution in [-0.2, 0) is 0 Å². The summed E-state index contributed by atoms with van der Waals surface area (Å²) in [5, 5.41) is 14.3. The van der Waals surface area contributed by atoms with Gasteiger partial charge in [0.25, 0.3) is 0 Å². The molecule has 0 radical (unpaired) electrons. The second-order valence-electron chi connectivity index (χ2n) is 10.0. The summed E-state index contributed by atoms with van der Waals surface area (Å²) < 4.78 is 7.26. The maximum absolute atomic E-state index is 10.8. The van der Waals surface area contributed by atoms with Crippen molar-refractivity contribution in [1.29, 1.82) is 0 Å². The molecule has 0 aliphatic carbocycles. The Bertz CT molecular complexity index is 1520. The van der Waals surface area contributed by atoms with Crippen molar-refractivity contribution in [3.05, 3.63) is 107 Å². The number of β-amino-alcohol motifs (C(OH)–C–C–N with tert-alkyl or cyclic N) is 1. The minimum absolute atomic E-state index is 0.274. The first-order valence-corrected chi connectivity index (χ1v) is 14.2. The third-order valence-corrected chi connectivity index (χ3v) is 8.37. The Morgan fingerprint density at radius 1 is 0.895 bits per heavy atom. The first-order chi connectivity index (χ1) is 18.7. The van der Waals surface area contributed by atoms with Crippen LogP contribution < -0.4 is 4.74 Å². The number of hydrogen-bond acceptors (Lipinski definition) is 5. The van der Waals surface area contributed by atoms with Crippen LogP contribution in [0.5, 0.6) is 5.75 Å². The number of nitrogens with zero attached hydrogens (tertiary/aromatic N) is 2. The van der Waals surface area contributed by atoms with Crippen molar-refractivity contribution in [1.82, 2.24) is 9.88 Å². The molecule has 4 nitrogen and oxygen atoms in total. The molecule has 1 saturated heterocycles. The summed E-state index contributed by atoms with van der Waals surface area (Å²) in [4.78, 5) is 7.05. The number of likely N-dealkylation sites (tertiary alicyclic amines) is 1. The summed E-state index contributed by atoms with van der Waals surface area (Å²) in [5.74, 6) is 1.36. The first-order valence-electron chi connectivity index (χ1n) is 13.4. The zero-order chi connectivity index (χ0) is 25.7. The number of rotatable bonds is 8. The maximum atomic E-state index is 10.8.